The van der Waals surface area contributed by atoms with Gasteiger partial charge in [-0.2, -0.15) is 0 Å². The van der Waals surface area contributed by atoms with Crippen molar-refractivity contribution >= 4 is 34.0 Å². The SMILES string of the molecule is C/C=C\C(=C/C)c1ccc(N(c2ccc(-c3ccccc3)cc2)c2ccc(-c3cc(C)c(-c4ccccc4C)s3)cc2)cc1.CC.Cc1ccccn1. The molecule has 5 aromatic carbocycles. The molecule has 0 aliphatic heterocycles. The Balaban J connectivity index is 0.000000534. The first-order chi connectivity index (χ1) is 25.9. The second-order valence-electron chi connectivity index (χ2n) is 12.5. The fraction of sp³-hybridized carbons (Fsp3) is 0.140. The standard InChI is InChI=1S/C42H37NS.C6H7N.C2H6/c1-5-12-32(6-2)34-17-23-37(24-18-34)43(38-25-19-35(20-26-38)33-14-8-7-9-15-33)39-27-21-36(22-28-39)41-29-31(4)42(44-41)40-16-11-10-13-30(40)3;1-6-4-2-3-5-7-6;1-2/h5-29H,1-4H3;2-5H,1H3;1-2H3/b12-5-,32-6+;;. The molecule has 0 spiro atoms. The van der Waals surface area contributed by atoms with Crippen LogP contribution in [0.3, 0.4) is 0 Å². The van der Waals surface area contributed by atoms with Crippen LogP contribution in [0.1, 0.15) is 50.1 Å². The van der Waals surface area contributed by atoms with Gasteiger partial charge < -0.3 is 4.90 Å². The summed E-state index contributed by atoms with van der Waals surface area (Å²) in [7, 11) is 0. The summed E-state index contributed by atoms with van der Waals surface area (Å²) in [6.45, 7) is 14.5. The molecule has 266 valence electrons. The average molecular weight is 711 g/mol. The Morgan fingerprint density at radius 3 is 1.64 bits per heavy atom. The molecule has 0 unspecified atom stereocenters. The fourth-order valence-corrected chi connectivity index (χ4v) is 7.43. The number of rotatable bonds is 8. The van der Waals surface area contributed by atoms with E-state index in [4.69, 9.17) is 0 Å². The molecule has 0 saturated carbocycles. The number of pyridine rings is 1. The van der Waals surface area contributed by atoms with E-state index in [2.05, 4.69) is 189 Å². The minimum Gasteiger partial charge on any atom is -0.311 e. The Kier molecular flexibility index (Phi) is 13.9. The third-order valence-electron chi connectivity index (χ3n) is 8.88. The Hall–Kier alpha value is -5.77. The highest BCUT2D eigenvalue weighted by molar-refractivity contribution is 7.19. The Morgan fingerprint density at radius 2 is 1.11 bits per heavy atom. The summed E-state index contributed by atoms with van der Waals surface area (Å²) < 4.78 is 0. The normalized spacial score (nSPS) is 11.0. The lowest BCUT2D eigenvalue weighted by Gasteiger charge is -2.26. The first-order valence-corrected chi connectivity index (χ1v) is 19.3. The van der Waals surface area contributed by atoms with E-state index in [1.165, 1.54) is 54.3 Å². The molecule has 53 heavy (non-hydrogen) atoms. The van der Waals surface area contributed by atoms with Gasteiger partial charge in [0, 0.05) is 38.7 Å². The molecule has 0 fully saturated rings. The molecule has 0 aliphatic rings. The number of aromatic nitrogens is 1. The molecule has 7 aromatic rings. The zero-order valence-electron chi connectivity index (χ0n) is 32.0. The summed E-state index contributed by atoms with van der Waals surface area (Å²) in [5.41, 5.74) is 14.5. The highest BCUT2D eigenvalue weighted by Gasteiger charge is 2.15. The van der Waals surface area contributed by atoms with Crippen LogP contribution in [0.4, 0.5) is 17.1 Å². The van der Waals surface area contributed by atoms with Gasteiger partial charge in [-0.15, -0.1) is 11.3 Å². The van der Waals surface area contributed by atoms with Gasteiger partial charge in [-0.25, -0.2) is 0 Å². The van der Waals surface area contributed by atoms with Crippen molar-refractivity contribution < 1.29 is 0 Å². The van der Waals surface area contributed by atoms with E-state index in [9.17, 15) is 0 Å². The Labute approximate surface area is 321 Å². The number of benzene rings is 5. The van der Waals surface area contributed by atoms with Crippen molar-refractivity contribution in [1.29, 1.82) is 0 Å². The second kappa shape index (κ2) is 19.2. The van der Waals surface area contributed by atoms with Crippen molar-refractivity contribution in [3.8, 4) is 32.0 Å². The van der Waals surface area contributed by atoms with E-state index in [0.717, 1.165) is 22.8 Å². The average Bonchev–Trinajstić information content (AvgIpc) is 3.60. The van der Waals surface area contributed by atoms with Crippen molar-refractivity contribution in [3.63, 3.8) is 0 Å². The monoisotopic (exact) mass is 710 g/mol. The second-order valence-corrected chi connectivity index (χ2v) is 13.5. The quantitative estimate of drug-likeness (QED) is 0.146. The van der Waals surface area contributed by atoms with E-state index < -0.39 is 0 Å². The minimum absolute atomic E-state index is 1.07. The van der Waals surface area contributed by atoms with E-state index in [-0.39, 0.29) is 0 Å². The zero-order valence-corrected chi connectivity index (χ0v) is 32.9. The smallest absolute Gasteiger partial charge is 0.0462 e. The van der Waals surface area contributed by atoms with Gasteiger partial charge in [-0.3, -0.25) is 4.98 Å². The van der Waals surface area contributed by atoms with Crippen LogP contribution in [-0.4, -0.2) is 4.98 Å². The summed E-state index contributed by atoms with van der Waals surface area (Å²) in [5, 5.41) is 0. The van der Waals surface area contributed by atoms with Crippen LogP contribution in [0.2, 0.25) is 0 Å². The van der Waals surface area contributed by atoms with Crippen LogP contribution in [0, 0.1) is 20.8 Å². The molecule has 2 heterocycles. The predicted octanol–water partition coefficient (Wildman–Crippen LogP) is 15.2. The van der Waals surface area contributed by atoms with Gasteiger partial charge >= 0.3 is 0 Å². The maximum Gasteiger partial charge on any atom is 0.0462 e. The van der Waals surface area contributed by atoms with E-state index in [1.54, 1.807) is 6.20 Å². The van der Waals surface area contributed by atoms with Gasteiger partial charge in [-0.1, -0.05) is 129 Å². The van der Waals surface area contributed by atoms with Crippen LogP contribution in [-0.2, 0) is 0 Å². The van der Waals surface area contributed by atoms with Crippen molar-refractivity contribution in [1.82, 2.24) is 4.98 Å². The van der Waals surface area contributed by atoms with E-state index >= 15 is 0 Å². The topological polar surface area (TPSA) is 16.1 Å². The molecule has 0 atom stereocenters. The molecule has 0 N–H and O–H groups in total. The third kappa shape index (κ3) is 9.77. The number of allylic oxidation sites excluding steroid dienone is 4. The number of hydrogen-bond donors (Lipinski definition) is 0. The first kappa shape index (κ1) is 38.5. The minimum atomic E-state index is 1.07. The number of thiophene rings is 1. The van der Waals surface area contributed by atoms with Crippen LogP contribution < -0.4 is 4.90 Å². The summed E-state index contributed by atoms with van der Waals surface area (Å²) in [6.07, 6.45) is 8.19. The van der Waals surface area contributed by atoms with Gasteiger partial charge in [0.15, 0.2) is 0 Å². The van der Waals surface area contributed by atoms with Crippen molar-refractivity contribution in [2.45, 2.75) is 48.5 Å². The first-order valence-electron chi connectivity index (χ1n) is 18.4. The van der Waals surface area contributed by atoms with Gasteiger partial charge in [0.2, 0.25) is 0 Å². The number of nitrogens with zero attached hydrogens (tertiary/aromatic N) is 2. The van der Waals surface area contributed by atoms with Gasteiger partial charge in [-0.05, 0) is 134 Å². The van der Waals surface area contributed by atoms with Crippen molar-refractivity contribution in [2.75, 3.05) is 4.90 Å². The molecule has 0 radical (unpaired) electrons. The van der Waals surface area contributed by atoms with Crippen LogP contribution in [0.25, 0.3) is 37.6 Å². The third-order valence-corrected chi connectivity index (χ3v) is 10.2. The molecular weight excluding hydrogens is 661 g/mol. The lowest BCUT2D eigenvalue weighted by atomic mass is 10.0. The predicted molar refractivity (Wildman–Crippen MR) is 234 cm³/mol. The van der Waals surface area contributed by atoms with Gasteiger partial charge in [0.1, 0.15) is 0 Å². The summed E-state index contributed by atoms with van der Waals surface area (Å²) in [6, 6.07) is 54.1. The van der Waals surface area contributed by atoms with Crippen LogP contribution >= 0.6 is 11.3 Å². The number of aryl methyl sites for hydroxylation is 3. The molecule has 7 rings (SSSR count). The van der Waals surface area contributed by atoms with Gasteiger partial charge in [0.05, 0.1) is 0 Å². The van der Waals surface area contributed by atoms with Crippen LogP contribution in [0.5, 0.6) is 0 Å². The van der Waals surface area contributed by atoms with Gasteiger partial charge in [0.25, 0.3) is 0 Å². The molecule has 0 aliphatic carbocycles. The summed E-state index contributed by atoms with van der Waals surface area (Å²) in [5.74, 6) is 0. The molecule has 2 aromatic heterocycles. The molecule has 0 bridgehead atoms. The van der Waals surface area contributed by atoms with E-state index in [0.29, 0.717) is 0 Å². The molecular formula is C50H50N2S. The zero-order chi connectivity index (χ0) is 37.6. The fourth-order valence-electron chi connectivity index (χ4n) is 6.16. The van der Waals surface area contributed by atoms with Crippen molar-refractivity contribution in [3.05, 3.63) is 198 Å². The lowest BCUT2D eigenvalue weighted by Crippen LogP contribution is -2.09. The molecule has 0 amide bonds. The molecule has 3 heteroatoms. The maximum atomic E-state index is 3.98. The number of hydrogen-bond acceptors (Lipinski definition) is 3. The lowest BCUT2D eigenvalue weighted by molar-refractivity contribution is 1.20. The highest BCUT2D eigenvalue weighted by Crippen LogP contribution is 2.41. The Bertz CT molecular complexity index is 2210. The maximum absolute atomic E-state index is 3.98. The molecule has 0 saturated heterocycles. The summed E-state index contributed by atoms with van der Waals surface area (Å²) >= 11 is 1.87. The highest BCUT2D eigenvalue weighted by atomic mass is 32.1. The van der Waals surface area contributed by atoms with Crippen molar-refractivity contribution in [2.24, 2.45) is 0 Å². The summed E-state index contributed by atoms with van der Waals surface area (Å²) in [4.78, 5) is 8.96. The van der Waals surface area contributed by atoms with E-state index in [1.807, 2.05) is 50.3 Å². The number of anilines is 3. The van der Waals surface area contributed by atoms with Crippen LogP contribution in [0.15, 0.2) is 176 Å². The largest absolute Gasteiger partial charge is 0.311 e. The Morgan fingerprint density at radius 1 is 0.566 bits per heavy atom. The molecule has 2 nitrogen and oxygen atoms in total.